The van der Waals surface area contributed by atoms with E-state index in [4.69, 9.17) is 16.3 Å². The molecule has 0 atom stereocenters. The van der Waals surface area contributed by atoms with Crippen LogP contribution in [0.2, 0.25) is 5.02 Å². The highest BCUT2D eigenvalue weighted by atomic mass is 35.5. The number of benzene rings is 2. The molecule has 0 aliphatic heterocycles. The first-order valence-electron chi connectivity index (χ1n) is 8.12. The second-order valence-electron chi connectivity index (χ2n) is 5.76. The van der Waals surface area contributed by atoms with Gasteiger partial charge >= 0.3 is 0 Å². The van der Waals surface area contributed by atoms with Crippen molar-refractivity contribution in [3.05, 3.63) is 70.9 Å². The van der Waals surface area contributed by atoms with Crippen LogP contribution in [-0.2, 0) is 16.6 Å². The smallest absolute Gasteiger partial charge is 0.279 e. The average molecular weight is 421 g/mol. The van der Waals surface area contributed by atoms with Crippen molar-refractivity contribution in [2.24, 2.45) is 0 Å². The highest BCUT2D eigenvalue weighted by Crippen LogP contribution is 2.20. The molecule has 0 spiro atoms. The molecule has 3 rings (SSSR count). The molecular formula is C18H17ClN4O4S. The molecule has 0 radical (unpaired) electrons. The minimum atomic E-state index is -4.04. The van der Waals surface area contributed by atoms with E-state index in [0.29, 0.717) is 16.5 Å². The van der Waals surface area contributed by atoms with E-state index in [-0.39, 0.29) is 17.1 Å². The normalized spacial score (nSPS) is 11.1. The first-order chi connectivity index (χ1) is 13.4. The van der Waals surface area contributed by atoms with Crippen LogP contribution in [0.25, 0.3) is 0 Å². The van der Waals surface area contributed by atoms with Crippen molar-refractivity contribution in [1.82, 2.24) is 15.5 Å². The van der Waals surface area contributed by atoms with Crippen LogP contribution in [0.1, 0.15) is 15.9 Å². The molecule has 3 aromatic rings. The summed E-state index contributed by atoms with van der Waals surface area (Å²) in [6, 6.07) is 13.3. The summed E-state index contributed by atoms with van der Waals surface area (Å²) in [5.41, 5.74) is 1.06. The van der Waals surface area contributed by atoms with E-state index in [2.05, 4.69) is 20.2 Å². The Bertz CT molecular complexity index is 1060. The first kappa shape index (κ1) is 19.7. The number of nitrogens with zero attached hydrogens (tertiary/aromatic N) is 1. The lowest BCUT2D eigenvalue weighted by atomic mass is 10.2. The third-order valence-electron chi connectivity index (χ3n) is 3.83. The van der Waals surface area contributed by atoms with Crippen molar-refractivity contribution in [2.45, 2.75) is 11.6 Å². The predicted molar refractivity (Wildman–Crippen MR) is 105 cm³/mol. The van der Waals surface area contributed by atoms with E-state index in [1.165, 1.54) is 13.3 Å². The van der Waals surface area contributed by atoms with Gasteiger partial charge in [-0.3, -0.25) is 14.6 Å². The molecule has 0 unspecified atom stereocenters. The van der Waals surface area contributed by atoms with Crippen LogP contribution >= 0.6 is 11.6 Å². The van der Waals surface area contributed by atoms with Gasteiger partial charge in [0.2, 0.25) is 0 Å². The summed E-state index contributed by atoms with van der Waals surface area (Å²) in [7, 11) is -2.53. The van der Waals surface area contributed by atoms with E-state index in [1.54, 1.807) is 48.5 Å². The SMILES string of the molecule is COc1ccc(NS(=O)(=O)c2[nH]ncc2C(=O)NCc2ccc(Cl)cc2)cc1. The number of carbonyl (C=O) groups is 1. The first-order valence-corrected chi connectivity index (χ1v) is 9.98. The van der Waals surface area contributed by atoms with Crippen molar-refractivity contribution >= 4 is 33.2 Å². The van der Waals surface area contributed by atoms with Crippen molar-refractivity contribution < 1.29 is 17.9 Å². The number of methoxy groups -OCH3 is 1. The number of anilines is 1. The van der Waals surface area contributed by atoms with Crippen LogP contribution < -0.4 is 14.8 Å². The number of amides is 1. The average Bonchev–Trinajstić information content (AvgIpc) is 3.19. The molecular weight excluding hydrogens is 404 g/mol. The summed E-state index contributed by atoms with van der Waals surface area (Å²) in [6.07, 6.45) is 1.17. The van der Waals surface area contributed by atoms with Crippen LogP contribution in [0.4, 0.5) is 5.69 Å². The van der Waals surface area contributed by atoms with Crippen LogP contribution in [0, 0.1) is 0 Å². The quantitative estimate of drug-likeness (QED) is 0.544. The minimum Gasteiger partial charge on any atom is -0.497 e. The summed E-state index contributed by atoms with van der Waals surface area (Å²) < 4.78 is 32.7. The van der Waals surface area contributed by atoms with Gasteiger partial charge in [0.1, 0.15) is 5.75 Å². The Kier molecular flexibility index (Phi) is 5.86. The standard InChI is InChI=1S/C18H17ClN4O4S/c1-27-15-8-6-14(7-9-15)23-28(25,26)18-16(11-21-22-18)17(24)20-10-12-2-4-13(19)5-3-12/h2-9,11,23H,10H2,1H3,(H,20,24)(H,21,22). The van der Waals surface area contributed by atoms with E-state index >= 15 is 0 Å². The van der Waals surface area contributed by atoms with E-state index < -0.39 is 15.9 Å². The summed E-state index contributed by atoms with van der Waals surface area (Å²) >= 11 is 5.83. The van der Waals surface area contributed by atoms with Gasteiger partial charge in [-0.1, -0.05) is 23.7 Å². The Labute approximate surface area is 166 Å². The van der Waals surface area contributed by atoms with E-state index in [9.17, 15) is 13.2 Å². The molecule has 0 bridgehead atoms. The molecule has 1 aromatic heterocycles. The van der Waals surface area contributed by atoms with Gasteiger partial charge in [0.15, 0.2) is 5.03 Å². The fourth-order valence-corrected chi connectivity index (χ4v) is 3.67. The number of rotatable bonds is 7. The maximum Gasteiger partial charge on any atom is 0.279 e. The number of hydrogen-bond acceptors (Lipinski definition) is 5. The summed E-state index contributed by atoms with van der Waals surface area (Å²) in [4.78, 5) is 12.4. The maximum atomic E-state index is 12.6. The highest BCUT2D eigenvalue weighted by molar-refractivity contribution is 7.92. The third-order valence-corrected chi connectivity index (χ3v) is 5.43. The van der Waals surface area contributed by atoms with Gasteiger partial charge in [-0.2, -0.15) is 13.5 Å². The zero-order valence-electron chi connectivity index (χ0n) is 14.8. The van der Waals surface area contributed by atoms with Gasteiger partial charge in [0.25, 0.3) is 15.9 Å². The molecule has 0 saturated heterocycles. The molecule has 28 heavy (non-hydrogen) atoms. The number of sulfonamides is 1. The van der Waals surface area contributed by atoms with Gasteiger partial charge < -0.3 is 10.1 Å². The Morgan fingerprint density at radius 2 is 1.82 bits per heavy atom. The molecule has 1 amide bonds. The van der Waals surface area contributed by atoms with Crippen molar-refractivity contribution in [3.8, 4) is 5.75 Å². The number of nitrogens with one attached hydrogen (secondary N) is 3. The minimum absolute atomic E-state index is 0.0880. The Morgan fingerprint density at radius 1 is 1.14 bits per heavy atom. The van der Waals surface area contributed by atoms with Crippen LogP contribution in [-0.4, -0.2) is 31.6 Å². The summed E-state index contributed by atoms with van der Waals surface area (Å²) in [5.74, 6) is 0.0190. The second-order valence-corrected chi connectivity index (χ2v) is 7.81. The molecule has 0 fully saturated rings. The summed E-state index contributed by atoms with van der Waals surface area (Å²) in [6.45, 7) is 0.215. The molecule has 146 valence electrons. The topological polar surface area (TPSA) is 113 Å². The molecule has 2 aromatic carbocycles. The lowest BCUT2D eigenvalue weighted by Crippen LogP contribution is -2.25. The van der Waals surface area contributed by atoms with Gasteiger partial charge in [0, 0.05) is 17.3 Å². The van der Waals surface area contributed by atoms with Crippen LogP contribution in [0.15, 0.2) is 59.8 Å². The molecule has 0 aliphatic rings. The zero-order chi connectivity index (χ0) is 20.1. The number of ether oxygens (including phenoxy) is 1. The largest absolute Gasteiger partial charge is 0.497 e. The highest BCUT2D eigenvalue weighted by Gasteiger charge is 2.25. The Balaban J connectivity index is 1.73. The monoisotopic (exact) mass is 420 g/mol. The number of aromatic amines is 1. The van der Waals surface area contributed by atoms with Gasteiger partial charge in [-0.15, -0.1) is 0 Å². The van der Waals surface area contributed by atoms with Crippen LogP contribution in [0.5, 0.6) is 5.75 Å². The number of carbonyl (C=O) groups excluding carboxylic acids is 1. The lowest BCUT2D eigenvalue weighted by Gasteiger charge is -2.09. The lowest BCUT2D eigenvalue weighted by molar-refractivity contribution is 0.0947. The molecule has 1 heterocycles. The van der Waals surface area contributed by atoms with Crippen molar-refractivity contribution in [3.63, 3.8) is 0 Å². The van der Waals surface area contributed by atoms with Crippen LogP contribution in [0.3, 0.4) is 0 Å². The van der Waals surface area contributed by atoms with E-state index in [1.807, 2.05) is 0 Å². The Morgan fingerprint density at radius 3 is 2.46 bits per heavy atom. The predicted octanol–water partition coefficient (Wildman–Crippen LogP) is 2.80. The Hall–Kier alpha value is -3.04. The molecule has 0 saturated carbocycles. The van der Waals surface area contributed by atoms with Gasteiger partial charge in [0.05, 0.1) is 18.9 Å². The van der Waals surface area contributed by atoms with Gasteiger partial charge in [-0.05, 0) is 42.0 Å². The van der Waals surface area contributed by atoms with Gasteiger partial charge in [-0.25, -0.2) is 0 Å². The number of H-pyrrole nitrogens is 1. The van der Waals surface area contributed by atoms with E-state index in [0.717, 1.165) is 5.56 Å². The fourth-order valence-electron chi connectivity index (χ4n) is 2.39. The second kappa shape index (κ2) is 8.32. The fraction of sp³-hybridized carbons (Fsp3) is 0.111. The maximum absolute atomic E-state index is 12.6. The third kappa shape index (κ3) is 4.62. The number of halogens is 1. The number of aromatic nitrogens is 2. The molecule has 8 nitrogen and oxygen atoms in total. The molecule has 0 aliphatic carbocycles. The summed E-state index contributed by atoms with van der Waals surface area (Å²) in [5, 5.41) is 9.00. The van der Waals surface area contributed by atoms with Crippen molar-refractivity contribution in [1.29, 1.82) is 0 Å². The molecule has 3 N–H and O–H groups in total. The zero-order valence-corrected chi connectivity index (χ0v) is 16.3. The molecule has 10 heteroatoms. The number of hydrogen-bond donors (Lipinski definition) is 3. The van der Waals surface area contributed by atoms with Crippen molar-refractivity contribution in [2.75, 3.05) is 11.8 Å².